The van der Waals surface area contributed by atoms with E-state index in [1.807, 2.05) is 62.4 Å². The van der Waals surface area contributed by atoms with Gasteiger partial charge in [-0.05, 0) is 38.1 Å². The molecule has 1 aliphatic rings. The van der Waals surface area contributed by atoms with Crippen LogP contribution < -0.4 is 10.2 Å². The number of nitrogens with one attached hydrogen (secondary N) is 1. The molecule has 1 amide bonds. The summed E-state index contributed by atoms with van der Waals surface area (Å²) in [5, 5.41) is 15.7. The molecular formula is C19H23N3O2. The van der Waals surface area contributed by atoms with E-state index in [1.165, 1.54) is 0 Å². The van der Waals surface area contributed by atoms with Gasteiger partial charge < -0.3 is 20.1 Å². The maximum atomic E-state index is 12.7. The molecular weight excluding hydrogens is 302 g/mol. The van der Waals surface area contributed by atoms with Crippen molar-refractivity contribution in [1.82, 2.24) is 0 Å². The molecule has 1 aliphatic heterocycles. The number of nitrogens with zero attached hydrogens (tertiary/aromatic N) is 2. The second-order valence-corrected chi connectivity index (χ2v) is 6.05. The van der Waals surface area contributed by atoms with Gasteiger partial charge in [0.05, 0.1) is 48.8 Å². The van der Waals surface area contributed by atoms with Gasteiger partial charge in [0.2, 0.25) is 0 Å². The third-order valence-corrected chi connectivity index (χ3v) is 4.77. The Balaban J connectivity index is 2.03. The fraction of sp³-hybridized carbons (Fsp3) is 0.316. The molecule has 0 spiro atoms. The zero-order chi connectivity index (χ0) is 17.2. The second kappa shape index (κ2) is 6.63. The zero-order valence-corrected chi connectivity index (χ0v) is 14.2. The van der Waals surface area contributed by atoms with Crippen LogP contribution in [0.2, 0.25) is 0 Å². The highest BCUT2D eigenvalue weighted by atomic mass is 16.5. The Kier molecular flexibility index (Phi) is 4.55. The molecule has 1 N–H and O–H groups in total. The number of likely N-dealkylation sites (N-methyl/N-ethyl adjacent to an activating group) is 1. The quantitative estimate of drug-likeness (QED) is 0.673. The lowest BCUT2D eigenvalue weighted by atomic mass is 10.1. The summed E-state index contributed by atoms with van der Waals surface area (Å²) in [7, 11) is 0. The van der Waals surface area contributed by atoms with E-state index in [-0.39, 0.29) is 10.6 Å². The third kappa shape index (κ3) is 3.00. The Labute approximate surface area is 142 Å². The van der Waals surface area contributed by atoms with Gasteiger partial charge in [-0.25, -0.2) is 0 Å². The largest absolute Gasteiger partial charge is 0.633 e. The zero-order valence-electron chi connectivity index (χ0n) is 14.2. The van der Waals surface area contributed by atoms with Crippen molar-refractivity contribution in [3.63, 3.8) is 0 Å². The Morgan fingerprint density at radius 1 is 1.00 bits per heavy atom. The van der Waals surface area contributed by atoms with Crippen molar-refractivity contribution in [2.24, 2.45) is 0 Å². The van der Waals surface area contributed by atoms with Crippen LogP contribution in [-0.2, 0) is 0 Å². The van der Waals surface area contributed by atoms with Crippen LogP contribution in [0.1, 0.15) is 24.2 Å². The standard InChI is InChI=1S/C19H23N3O2/c1-3-22(24,4-2)14-13-21-17-11-7-5-9-15(17)19(23)20-16-10-6-8-12-18(16)21/h5-12H,3-4,13-14H2,1-2H3,(H,20,23). The molecule has 2 aromatic rings. The van der Waals surface area contributed by atoms with E-state index >= 15 is 0 Å². The SMILES string of the molecule is CC[N+]([O-])(CC)CCN1c2ccccc2NC(=O)c2ccccc21. The smallest absolute Gasteiger partial charge is 0.257 e. The molecule has 0 aliphatic carbocycles. The molecule has 0 aromatic heterocycles. The van der Waals surface area contributed by atoms with Gasteiger partial charge in [-0.2, -0.15) is 0 Å². The Morgan fingerprint density at radius 2 is 1.62 bits per heavy atom. The molecule has 0 unspecified atom stereocenters. The molecule has 1 heterocycles. The molecule has 126 valence electrons. The third-order valence-electron chi connectivity index (χ3n) is 4.77. The van der Waals surface area contributed by atoms with Crippen molar-refractivity contribution in [2.45, 2.75) is 13.8 Å². The number of hydroxylamine groups is 3. The molecule has 0 radical (unpaired) electrons. The minimum atomic E-state index is -0.234. The predicted octanol–water partition coefficient (Wildman–Crippen LogP) is 3.74. The summed E-state index contributed by atoms with van der Waals surface area (Å²) >= 11 is 0. The normalized spacial score (nSPS) is 13.8. The molecule has 0 fully saturated rings. The van der Waals surface area contributed by atoms with Crippen LogP contribution in [0, 0.1) is 5.21 Å². The van der Waals surface area contributed by atoms with Crippen molar-refractivity contribution in [1.29, 1.82) is 0 Å². The fourth-order valence-corrected chi connectivity index (χ4v) is 3.10. The lowest BCUT2D eigenvalue weighted by molar-refractivity contribution is -0.875. The number of amides is 1. The summed E-state index contributed by atoms with van der Waals surface area (Å²) in [4.78, 5) is 14.6. The highest BCUT2D eigenvalue weighted by molar-refractivity contribution is 6.12. The van der Waals surface area contributed by atoms with Crippen LogP contribution >= 0.6 is 0 Å². The van der Waals surface area contributed by atoms with E-state index in [0.29, 0.717) is 31.7 Å². The van der Waals surface area contributed by atoms with Crippen LogP contribution in [-0.4, -0.2) is 36.7 Å². The first-order valence-corrected chi connectivity index (χ1v) is 8.42. The Morgan fingerprint density at radius 3 is 2.33 bits per heavy atom. The molecule has 2 aromatic carbocycles. The molecule has 24 heavy (non-hydrogen) atoms. The van der Waals surface area contributed by atoms with Gasteiger partial charge in [0.25, 0.3) is 5.91 Å². The van der Waals surface area contributed by atoms with Crippen LogP contribution in [0.5, 0.6) is 0 Å². The minimum Gasteiger partial charge on any atom is -0.633 e. The maximum absolute atomic E-state index is 12.7. The van der Waals surface area contributed by atoms with E-state index in [9.17, 15) is 10.0 Å². The van der Waals surface area contributed by atoms with Crippen LogP contribution in [0.25, 0.3) is 0 Å². The first kappa shape index (κ1) is 16.5. The van der Waals surface area contributed by atoms with Crippen molar-refractivity contribution in [3.8, 4) is 0 Å². The number of benzene rings is 2. The number of carbonyl (C=O) groups excluding carboxylic acids is 1. The summed E-state index contributed by atoms with van der Waals surface area (Å²) < 4.78 is -0.234. The number of rotatable bonds is 5. The molecule has 0 saturated heterocycles. The van der Waals surface area contributed by atoms with E-state index < -0.39 is 0 Å². The number of carbonyl (C=O) groups is 1. The average molecular weight is 325 g/mol. The number of fused-ring (bicyclic) bond motifs is 2. The van der Waals surface area contributed by atoms with E-state index in [2.05, 4.69) is 10.2 Å². The monoisotopic (exact) mass is 325 g/mol. The lowest BCUT2D eigenvalue weighted by Gasteiger charge is -2.42. The summed E-state index contributed by atoms with van der Waals surface area (Å²) in [6.45, 7) is 5.98. The van der Waals surface area contributed by atoms with E-state index in [1.54, 1.807) is 0 Å². The number of hydrogen-bond donors (Lipinski definition) is 1. The van der Waals surface area contributed by atoms with Crippen molar-refractivity contribution in [2.75, 3.05) is 36.4 Å². The highest BCUT2D eigenvalue weighted by Crippen LogP contribution is 2.37. The topological polar surface area (TPSA) is 55.4 Å². The van der Waals surface area contributed by atoms with Gasteiger partial charge in [-0.15, -0.1) is 0 Å². The first-order chi connectivity index (χ1) is 11.6. The second-order valence-electron chi connectivity index (χ2n) is 6.05. The fourth-order valence-electron chi connectivity index (χ4n) is 3.10. The van der Waals surface area contributed by atoms with Crippen LogP contribution in [0.15, 0.2) is 48.5 Å². The minimum absolute atomic E-state index is 0.116. The number of anilines is 3. The average Bonchev–Trinajstić information content (AvgIpc) is 2.74. The molecule has 5 heteroatoms. The summed E-state index contributed by atoms with van der Waals surface area (Å²) in [5.41, 5.74) is 3.18. The van der Waals surface area contributed by atoms with Gasteiger partial charge in [0.1, 0.15) is 0 Å². The lowest BCUT2D eigenvalue weighted by Crippen LogP contribution is -2.46. The van der Waals surface area contributed by atoms with Crippen molar-refractivity contribution < 1.29 is 9.44 Å². The summed E-state index contributed by atoms with van der Waals surface area (Å²) in [5.74, 6) is -0.116. The number of hydrogen-bond acceptors (Lipinski definition) is 3. The van der Waals surface area contributed by atoms with Crippen molar-refractivity contribution in [3.05, 3.63) is 59.3 Å². The van der Waals surface area contributed by atoms with Crippen molar-refractivity contribution >= 4 is 23.0 Å². The van der Waals surface area contributed by atoms with Gasteiger partial charge >= 0.3 is 0 Å². The van der Waals surface area contributed by atoms with Gasteiger partial charge in [0, 0.05) is 0 Å². The van der Waals surface area contributed by atoms with Crippen LogP contribution in [0.3, 0.4) is 0 Å². The molecule has 0 bridgehead atoms. The molecule has 3 rings (SSSR count). The van der Waals surface area contributed by atoms with Gasteiger partial charge in [0.15, 0.2) is 0 Å². The first-order valence-electron chi connectivity index (χ1n) is 8.42. The predicted molar refractivity (Wildman–Crippen MR) is 97.4 cm³/mol. The number of quaternary nitrogens is 1. The van der Waals surface area contributed by atoms with E-state index in [4.69, 9.17) is 0 Å². The molecule has 5 nitrogen and oxygen atoms in total. The number of para-hydroxylation sites is 3. The maximum Gasteiger partial charge on any atom is 0.257 e. The van der Waals surface area contributed by atoms with Gasteiger partial charge in [-0.1, -0.05) is 24.3 Å². The molecule has 0 saturated carbocycles. The highest BCUT2D eigenvalue weighted by Gasteiger charge is 2.26. The Bertz CT molecular complexity index is 741. The van der Waals surface area contributed by atoms with E-state index in [0.717, 1.165) is 17.1 Å². The summed E-state index contributed by atoms with van der Waals surface area (Å²) in [6.07, 6.45) is 0. The summed E-state index contributed by atoms with van der Waals surface area (Å²) in [6, 6.07) is 15.3. The molecule has 0 atom stereocenters. The Hall–Kier alpha value is -2.37. The van der Waals surface area contributed by atoms with Crippen LogP contribution in [0.4, 0.5) is 17.1 Å². The van der Waals surface area contributed by atoms with Gasteiger partial charge in [-0.3, -0.25) is 4.79 Å².